The zero-order valence-electron chi connectivity index (χ0n) is 13.8. The molecule has 4 rings (SSSR count). The van der Waals surface area contributed by atoms with E-state index in [1.807, 2.05) is 24.4 Å². The normalized spacial score (nSPS) is 19.2. The Bertz CT molecular complexity index is 970. The molecule has 1 aliphatic rings. The fraction of sp³-hybridized carbons (Fsp3) is 0.158. The van der Waals surface area contributed by atoms with E-state index in [1.165, 1.54) is 18.2 Å². The van der Waals surface area contributed by atoms with Crippen molar-refractivity contribution in [2.45, 2.75) is 18.4 Å². The minimum absolute atomic E-state index is 0.0948. The summed E-state index contributed by atoms with van der Waals surface area (Å²) in [6.45, 7) is 0. The number of halogens is 4. The molecule has 0 saturated heterocycles. The van der Waals surface area contributed by atoms with Crippen molar-refractivity contribution in [3.8, 4) is 5.69 Å². The third-order valence-corrected chi connectivity index (χ3v) is 4.86. The molecule has 2 aromatic carbocycles. The fourth-order valence-electron chi connectivity index (χ4n) is 3.03. The second kappa shape index (κ2) is 6.94. The number of rotatable bonds is 4. The lowest BCUT2D eigenvalue weighted by atomic mass is 9.87. The lowest BCUT2D eigenvalue weighted by Gasteiger charge is -2.26. The van der Waals surface area contributed by atoms with Gasteiger partial charge >= 0.3 is 0 Å². The summed E-state index contributed by atoms with van der Waals surface area (Å²) in [6, 6.07) is 13.4. The van der Waals surface area contributed by atoms with E-state index in [-0.39, 0.29) is 22.0 Å². The van der Waals surface area contributed by atoms with E-state index < -0.39 is 12.0 Å². The Morgan fingerprint density at radius 3 is 2.37 bits per heavy atom. The maximum atomic E-state index is 14.0. The van der Waals surface area contributed by atoms with Crippen molar-refractivity contribution >= 4 is 28.9 Å². The van der Waals surface area contributed by atoms with Crippen LogP contribution in [0, 0.1) is 0 Å². The van der Waals surface area contributed by atoms with Gasteiger partial charge in [0, 0.05) is 34.4 Å². The van der Waals surface area contributed by atoms with E-state index in [2.05, 4.69) is 10.3 Å². The summed E-state index contributed by atoms with van der Waals surface area (Å²) >= 11 is 12.0. The molecule has 2 heterocycles. The molecule has 27 heavy (non-hydrogen) atoms. The van der Waals surface area contributed by atoms with Gasteiger partial charge in [0.15, 0.2) is 0 Å². The predicted octanol–water partition coefficient (Wildman–Crippen LogP) is 5.46. The first-order valence-electron chi connectivity index (χ1n) is 8.08. The molecule has 1 atom stereocenters. The van der Waals surface area contributed by atoms with Crippen LogP contribution in [0.4, 0.5) is 8.78 Å². The third kappa shape index (κ3) is 3.31. The molecule has 1 aromatic heterocycles. The molecule has 1 aliphatic heterocycles. The highest BCUT2D eigenvalue weighted by atomic mass is 35.5. The molecule has 138 valence electrons. The Hall–Kier alpha value is -2.44. The number of alkyl halides is 2. The molecule has 0 spiro atoms. The minimum Gasteiger partial charge on any atom is -0.378 e. The average molecular weight is 408 g/mol. The number of oxime groups is 1. The predicted molar refractivity (Wildman–Crippen MR) is 99.9 cm³/mol. The van der Waals surface area contributed by atoms with Crippen molar-refractivity contribution in [2.75, 3.05) is 0 Å². The van der Waals surface area contributed by atoms with Gasteiger partial charge in [-0.25, -0.2) is 13.5 Å². The molecular weight excluding hydrogens is 395 g/mol. The molecule has 0 radical (unpaired) electrons. The van der Waals surface area contributed by atoms with Gasteiger partial charge in [-0.05, 0) is 42.0 Å². The van der Waals surface area contributed by atoms with Gasteiger partial charge < -0.3 is 4.84 Å². The Morgan fingerprint density at radius 2 is 1.78 bits per heavy atom. The quantitative estimate of drug-likeness (QED) is 0.575. The molecule has 4 nitrogen and oxygen atoms in total. The van der Waals surface area contributed by atoms with Gasteiger partial charge in [-0.1, -0.05) is 40.5 Å². The molecular formula is C19H13Cl2F2N3O. The summed E-state index contributed by atoms with van der Waals surface area (Å²) in [4.78, 5) is 5.27. The smallest absolute Gasteiger partial charge is 0.284 e. The summed E-state index contributed by atoms with van der Waals surface area (Å²) in [5.74, 6) is 0. The van der Waals surface area contributed by atoms with E-state index in [0.717, 1.165) is 5.69 Å². The summed E-state index contributed by atoms with van der Waals surface area (Å²) in [5, 5.41) is 8.61. The molecule has 0 N–H and O–H groups in total. The van der Waals surface area contributed by atoms with E-state index in [1.54, 1.807) is 23.0 Å². The van der Waals surface area contributed by atoms with Gasteiger partial charge in [0.25, 0.3) is 6.43 Å². The summed E-state index contributed by atoms with van der Waals surface area (Å²) in [5.41, 5.74) is 0.261. The lowest BCUT2D eigenvalue weighted by Crippen LogP contribution is -2.34. The first kappa shape index (κ1) is 17.9. The summed E-state index contributed by atoms with van der Waals surface area (Å²) in [7, 11) is 0. The molecule has 0 bridgehead atoms. The van der Waals surface area contributed by atoms with Gasteiger partial charge in [0.05, 0.1) is 11.4 Å². The van der Waals surface area contributed by atoms with Crippen LogP contribution in [-0.2, 0) is 10.4 Å². The highest BCUT2D eigenvalue weighted by Crippen LogP contribution is 2.43. The van der Waals surface area contributed by atoms with Gasteiger partial charge in [-0.3, -0.25) is 0 Å². The highest BCUT2D eigenvalue weighted by Gasteiger charge is 2.50. The number of nitrogens with zero attached hydrogens (tertiary/aromatic N) is 3. The van der Waals surface area contributed by atoms with E-state index >= 15 is 0 Å². The second-order valence-electron chi connectivity index (χ2n) is 6.15. The molecule has 0 amide bonds. The zero-order chi connectivity index (χ0) is 19.0. The van der Waals surface area contributed by atoms with Crippen LogP contribution < -0.4 is 0 Å². The molecule has 0 aliphatic carbocycles. The van der Waals surface area contributed by atoms with Crippen molar-refractivity contribution in [1.29, 1.82) is 0 Å². The summed E-state index contributed by atoms with van der Waals surface area (Å²) < 4.78 is 29.7. The first-order valence-corrected chi connectivity index (χ1v) is 8.84. The topological polar surface area (TPSA) is 39.4 Å². The number of hydrogen-bond acceptors (Lipinski definition) is 3. The van der Waals surface area contributed by atoms with Gasteiger partial charge in [-0.15, -0.1) is 0 Å². The Balaban J connectivity index is 1.63. The maximum absolute atomic E-state index is 14.0. The SMILES string of the molecule is FC(F)C1(c2cc(Cl)cc(Cl)c2)CC(c2ccc(-n3cccn3)cc2)=NO1. The standard InChI is InChI=1S/C19H13Cl2F2N3O/c20-14-8-13(9-15(21)10-14)19(18(22)23)11-17(25-27-19)12-2-4-16(5-3-12)26-7-1-6-24-26/h1-10,18H,11H2. The largest absolute Gasteiger partial charge is 0.378 e. The van der Waals surface area contributed by atoms with Crippen LogP contribution in [0.1, 0.15) is 17.5 Å². The number of aromatic nitrogens is 2. The van der Waals surface area contributed by atoms with Gasteiger partial charge in [0.2, 0.25) is 5.60 Å². The molecule has 0 fully saturated rings. The highest BCUT2D eigenvalue weighted by molar-refractivity contribution is 6.34. The van der Waals surface area contributed by atoms with Crippen LogP contribution >= 0.6 is 23.2 Å². The van der Waals surface area contributed by atoms with Crippen molar-refractivity contribution in [1.82, 2.24) is 9.78 Å². The Kier molecular flexibility index (Phi) is 4.61. The lowest BCUT2D eigenvalue weighted by molar-refractivity contribution is -0.129. The maximum Gasteiger partial charge on any atom is 0.284 e. The van der Waals surface area contributed by atoms with Crippen molar-refractivity contribution < 1.29 is 13.6 Å². The molecule has 3 aromatic rings. The molecule has 0 saturated carbocycles. The van der Waals surface area contributed by atoms with E-state index in [9.17, 15) is 8.78 Å². The number of benzene rings is 2. The molecule has 1 unspecified atom stereocenters. The Labute approximate surface area is 164 Å². The first-order chi connectivity index (χ1) is 13.0. The van der Waals surface area contributed by atoms with Gasteiger partial charge in [-0.2, -0.15) is 5.10 Å². The third-order valence-electron chi connectivity index (χ3n) is 4.42. The second-order valence-corrected chi connectivity index (χ2v) is 7.02. The number of hydrogen-bond donors (Lipinski definition) is 0. The monoisotopic (exact) mass is 407 g/mol. The van der Waals surface area contributed by atoms with E-state index in [4.69, 9.17) is 28.0 Å². The van der Waals surface area contributed by atoms with Crippen molar-refractivity contribution in [2.24, 2.45) is 5.16 Å². The zero-order valence-corrected chi connectivity index (χ0v) is 15.3. The van der Waals surface area contributed by atoms with Crippen molar-refractivity contribution in [3.63, 3.8) is 0 Å². The molecule has 8 heteroatoms. The van der Waals surface area contributed by atoms with Crippen molar-refractivity contribution in [3.05, 3.63) is 82.1 Å². The van der Waals surface area contributed by atoms with Crippen LogP contribution in [0.25, 0.3) is 5.69 Å². The minimum atomic E-state index is -2.81. The van der Waals surface area contributed by atoms with Crippen LogP contribution in [0.5, 0.6) is 0 Å². The Morgan fingerprint density at radius 1 is 1.07 bits per heavy atom. The fourth-order valence-corrected chi connectivity index (χ4v) is 3.55. The summed E-state index contributed by atoms with van der Waals surface area (Å²) in [6.07, 6.45) is 0.588. The van der Waals surface area contributed by atoms with E-state index in [0.29, 0.717) is 11.3 Å². The van der Waals surface area contributed by atoms with Crippen LogP contribution in [0.3, 0.4) is 0 Å². The van der Waals surface area contributed by atoms with Gasteiger partial charge in [0.1, 0.15) is 0 Å². The average Bonchev–Trinajstić information content (AvgIpc) is 3.32. The van der Waals surface area contributed by atoms with Crippen LogP contribution in [0.15, 0.2) is 66.1 Å². The van der Waals surface area contributed by atoms with Crippen LogP contribution in [0.2, 0.25) is 10.0 Å². The van der Waals surface area contributed by atoms with Crippen LogP contribution in [-0.4, -0.2) is 21.9 Å².